The van der Waals surface area contributed by atoms with Crippen LogP contribution in [0.5, 0.6) is 0 Å². The number of benzene rings is 1. The van der Waals surface area contributed by atoms with E-state index < -0.39 is 0 Å². The summed E-state index contributed by atoms with van der Waals surface area (Å²) in [5.74, 6) is 0.208. The van der Waals surface area contributed by atoms with Crippen LogP contribution in [0.3, 0.4) is 0 Å². The fourth-order valence-electron chi connectivity index (χ4n) is 1.98. The van der Waals surface area contributed by atoms with Crippen LogP contribution < -0.4 is 0 Å². The number of rotatable bonds is 5. The highest BCUT2D eigenvalue weighted by atomic mass is 14.9. The Kier molecular flexibility index (Phi) is 4.63. The fraction of sp³-hybridized carbons (Fsp3) is 0.312. The molecule has 3 heteroatoms. The van der Waals surface area contributed by atoms with Crippen LogP contribution in [0.4, 0.5) is 0 Å². The van der Waals surface area contributed by atoms with Crippen molar-refractivity contribution in [3.63, 3.8) is 0 Å². The van der Waals surface area contributed by atoms with Gasteiger partial charge in [-0.1, -0.05) is 44.0 Å². The quantitative estimate of drug-likeness (QED) is 0.760. The zero-order valence-electron chi connectivity index (χ0n) is 11.1. The molecule has 0 aliphatic heterocycles. The number of aromatic nitrogens is 2. The van der Waals surface area contributed by atoms with Crippen molar-refractivity contribution >= 4 is 0 Å². The first-order chi connectivity index (χ1) is 9.33. The van der Waals surface area contributed by atoms with Gasteiger partial charge in [-0.15, -0.1) is 0 Å². The molecular weight excluding hydrogens is 234 g/mol. The van der Waals surface area contributed by atoms with Crippen LogP contribution in [0.1, 0.15) is 37.6 Å². The zero-order valence-corrected chi connectivity index (χ0v) is 11.1. The lowest BCUT2D eigenvalue weighted by molar-refractivity contribution is 0.717. The van der Waals surface area contributed by atoms with Crippen LogP contribution in [0, 0.1) is 11.3 Å². The summed E-state index contributed by atoms with van der Waals surface area (Å²) in [5.41, 5.74) is 3.40. The Morgan fingerprint density at radius 1 is 1.00 bits per heavy atom. The minimum Gasteiger partial charge on any atom is -0.227 e. The van der Waals surface area contributed by atoms with Crippen molar-refractivity contribution < 1.29 is 0 Å². The van der Waals surface area contributed by atoms with Gasteiger partial charge in [0.1, 0.15) is 6.07 Å². The molecule has 0 fully saturated rings. The molecule has 3 nitrogen and oxygen atoms in total. The van der Waals surface area contributed by atoms with Crippen molar-refractivity contribution in [3.8, 4) is 17.2 Å². The average Bonchev–Trinajstić information content (AvgIpc) is 2.48. The summed E-state index contributed by atoms with van der Waals surface area (Å²) < 4.78 is 0. The van der Waals surface area contributed by atoms with Crippen molar-refractivity contribution in [2.45, 2.75) is 32.6 Å². The average molecular weight is 251 g/mol. The second-order valence-electron chi connectivity index (χ2n) is 4.56. The molecule has 2 rings (SSSR count). The topological polar surface area (TPSA) is 49.6 Å². The van der Waals surface area contributed by atoms with Crippen molar-refractivity contribution in [1.82, 2.24) is 9.97 Å². The van der Waals surface area contributed by atoms with Gasteiger partial charge in [-0.2, -0.15) is 5.26 Å². The van der Waals surface area contributed by atoms with E-state index in [2.05, 4.69) is 41.2 Å². The summed E-state index contributed by atoms with van der Waals surface area (Å²) in [5, 5.41) is 8.66. The molecule has 1 heterocycles. The fourth-order valence-corrected chi connectivity index (χ4v) is 1.98. The summed E-state index contributed by atoms with van der Waals surface area (Å²) in [6.45, 7) is 2.22. The standard InChI is InChI=1S/C16H17N3/c1-2-3-4-5-13-6-8-14(9-7-13)15-11-18-16(10-17)19-12-15/h6-9,11-12H,2-5H2,1H3. The Morgan fingerprint density at radius 3 is 2.26 bits per heavy atom. The molecule has 0 atom stereocenters. The lowest BCUT2D eigenvalue weighted by Crippen LogP contribution is -1.90. The van der Waals surface area contributed by atoms with Gasteiger partial charge >= 0.3 is 0 Å². The van der Waals surface area contributed by atoms with E-state index in [1.54, 1.807) is 12.4 Å². The number of hydrogen-bond acceptors (Lipinski definition) is 3. The van der Waals surface area contributed by atoms with E-state index in [1.807, 2.05) is 6.07 Å². The minimum atomic E-state index is 0.208. The lowest BCUT2D eigenvalue weighted by Gasteiger charge is -2.04. The molecule has 1 aromatic carbocycles. The Bertz CT molecular complexity index is 550. The van der Waals surface area contributed by atoms with Crippen molar-refractivity contribution in [1.29, 1.82) is 5.26 Å². The Labute approximate surface area is 114 Å². The van der Waals surface area contributed by atoms with E-state index in [0.29, 0.717) is 0 Å². The van der Waals surface area contributed by atoms with Crippen LogP contribution in [0.2, 0.25) is 0 Å². The third-order valence-electron chi connectivity index (χ3n) is 3.11. The first-order valence-electron chi connectivity index (χ1n) is 6.65. The summed E-state index contributed by atoms with van der Waals surface area (Å²) >= 11 is 0. The number of nitriles is 1. The number of aryl methyl sites for hydroxylation is 1. The normalized spacial score (nSPS) is 10.1. The molecule has 1 aromatic heterocycles. The van der Waals surface area contributed by atoms with Crippen LogP contribution >= 0.6 is 0 Å². The van der Waals surface area contributed by atoms with Gasteiger partial charge in [0.2, 0.25) is 5.82 Å². The molecule has 0 aliphatic rings. The molecule has 0 aliphatic carbocycles. The molecule has 0 N–H and O–H groups in total. The van der Waals surface area contributed by atoms with E-state index in [4.69, 9.17) is 5.26 Å². The van der Waals surface area contributed by atoms with Gasteiger partial charge in [0, 0.05) is 18.0 Å². The second-order valence-corrected chi connectivity index (χ2v) is 4.56. The monoisotopic (exact) mass is 251 g/mol. The summed E-state index contributed by atoms with van der Waals surface area (Å²) in [6, 6.07) is 10.4. The predicted molar refractivity (Wildman–Crippen MR) is 75.4 cm³/mol. The van der Waals surface area contributed by atoms with Crippen LogP contribution in [0.15, 0.2) is 36.7 Å². The van der Waals surface area contributed by atoms with Gasteiger partial charge in [-0.25, -0.2) is 9.97 Å². The molecule has 2 aromatic rings. The highest BCUT2D eigenvalue weighted by molar-refractivity contribution is 5.61. The van der Waals surface area contributed by atoms with Crippen LogP contribution in [-0.4, -0.2) is 9.97 Å². The molecule has 19 heavy (non-hydrogen) atoms. The highest BCUT2D eigenvalue weighted by Crippen LogP contribution is 2.18. The third-order valence-corrected chi connectivity index (χ3v) is 3.11. The van der Waals surface area contributed by atoms with E-state index in [-0.39, 0.29) is 5.82 Å². The van der Waals surface area contributed by atoms with Gasteiger partial charge in [0.25, 0.3) is 0 Å². The number of hydrogen-bond donors (Lipinski definition) is 0. The zero-order chi connectivity index (χ0) is 13.5. The van der Waals surface area contributed by atoms with Crippen LogP contribution in [-0.2, 0) is 6.42 Å². The van der Waals surface area contributed by atoms with Gasteiger partial charge in [0.05, 0.1) is 0 Å². The van der Waals surface area contributed by atoms with E-state index in [9.17, 15) is 0 Å². The minimum absolute atomic E-state index is 0.208. The van der Waals surface area contributed by atoms with Gasteiger partial charge in [-0.3, -0.25) is 0 Å². The Balaban J connectivity index is 2.07. The van der Waals surface area contributed by atoms with E-state index in [0.717, 1.165) is 17.5 Å². The first kappa shape index (κ1) is 13.2. The van der Waals surface area contributed by atoms with Gasteiger partial charge in [-0.05, 0) is 24.0 Å². The Hall–Kier alpha value is -2.21. The molecule has 0 saturated heterocycles. The van der Waals surface area contributed by atoms with Crippen LogP contribution in [0.25, 0.3) is 11.1 Å². The van der Waals surface area contributed by atoms with E-state index >= 15 is 0 Å². The van der Waals surface area contributed by atoms with Crippen molar-refractivity contribution in [2.24, 2.45) is 0 Å². The van der Waals surface area contributed by atoms with Crippen molar-refractivity contribution in [3.05, 3.63) is 48.0 Å². The number of unbranched alkanes of at least 4 members (excludes halogenated alkanes) is 2. The van der Waals surface area contributed by atoms with Crippen molar-refractivity contribution in [2.75, 3.05) is 0 Å². The molecule has 0 spiro atoms. The SMILES string of the molecule is CCCCCc1ccc(-c2cnc(C#N)nc2)cc1. The molecule has 96 valence electrons. The third kappa shape index (κ3) is 3.62. The smallest absolute Gasteiger partial charge is 0.227 e. The first-order valence-corrected chi connectivity index (χ1v) is 6.65. The molecule has 0 saturated carbocycles. The molecular formula is C16H17N3. The molecule has 0 amide bonds. The van der Waals surface area contributed by atoms with E-state index in [1.165, 1.54) is 24.8 Å². The second kappa shape index (κ2) is 6.65. The predicted octanol–water partition coefficient (Wildman–Crippen LogP) is 3.75. The maximum absolute atomic E-state index is 8.66. The largest absolute Gasteiger partial charge is 0.232 e. The highest BCUT2D eigenvalue weighted by Gasteiger charge is 2.00. The molecule has 0 bridgehead atoms. The summed E-state index contributed by atoms with van der Waals surface area (Å²) in [4.78, 5) is 7.97. The van der Waals surface area contributed by atoms with Gasteiger partial charge in [0.15, 0.2) is 0 Å². The Morgan fingerprint density at radius 2 is 1.68 bits per heavy atom. The number of nitrogens with zero attached hydrogens (tertiary/aromatic N) is 3. The summed E-state index contributed by atoms with van der Waals surface area (Å²) in [6.07, 6.45) is 8.30. The molecule has 0 unspecified atom stereocenters. The van der Waals surface area contributed by atoms with Gasteiger partial charge < -0.3 is 0 Å². The summed E-state index contributed by atoms with van der Waals surface area (Å²) in [7, 11) is 0. The molecule has 0 radical (unpaired) electrons. The maximum Gasteiger partial charge on any atom is 0.232 e. The maximum atomic E-state index is 8.66. The lowest BCUT2D eigenvalue weighted by atomic mass is 10.0.